The lowest BCUT2D eigenvalue weighted by Gasteiger charge is -2.34. The molecule has 1 heterocycles. The van der Waals surface area contributed by atoms with Crippen LogP contribution in [-0.2, 0) is 14.6 Å². The van der Waals surface area contributed by atoms with Gasteiger partial charge in [0.05, 0.1) is 18.1 Å². The first-order valence-corrected chi connectivity index (χ1v) is 7.94. The van der Waals surface area contributed by atoms with Crippen molar-refractivity contribution in [3.8, 4) is 0 Å². The molecule has 1 rings (SSSR count). The Balaban J connectivity index is 2.59. The Morgan fingerprint density at radius 2 is 1.94 bits per heavy atom. The van der Waals surface area contributed by atoms with Crippen LogP contribution in [0.5, 0.6) is 0 Å². The molecule has 1 unspecified atom stereocenters. The van der Waals surface area contributed by atoms with Crippen molar-refractivity contribution in [2.75, 3.05) is 37.7 Å². The molecule has 0 bridgehead atoms. The van der Waals surface area contributed by atoms with Gasteiger partial charge in [0.2, 0.25) is 5.91 Å². The fraction of sp³-hybridized carbons (Fsp3) is 0.909. The molecule has 0 aromatic carbocycles. The van der Waals surface area contributed by atoms with E-state index in [1.54, 1.807) is 11.8 Å². The average molecular weight is 262 g/mol. The summed E-state index contributed by atoms with van der Waals surface area (Å²) < 4.78 is 22.8. The van der Waals surface area contributed by atoms with Crippen molar-refractivity contribution in [2.24, 2.45) is 0 Å². The summed E-state index contributed by atoms with van der Waals surface area (Å²) in [4.78, 5) is 15.8. The molecule has 100 valence electrons. The first-order chi connectivity index (χ1) is 7.89. The summed E-state index contributed by atoms with van der Waals surface area (Å²) >= 11 is 0. The van der Waals surface area contributed by atoms with Crippen molar-refractivity contribution in [3.63, 3.8) is 0 Å². The summed E-state index contributed by atoms with van der Waals surface area (Å²) in [5.74, 6) is 0.231. The van der Waals surface area contributed by atoms with Crippen LogP contribution in [0.2, 0.25) is 0 Å². The first kappa shape index (κ1) is 14.4. The fourth-order valence-corrected chi connectivity index (χ4v) is 3.65. The number of rotatable bonds is 4. The van der Waals surface area contributed by atoms with Gasteiger partial charge in [-0.25, -0.2) is 8.42 Å². The van der Waals surface area contributed by atoms with E-state index in [-0.39, 0.29) is 23.5 Å². The third kappa shape index (κ3) is 3.96. The highest BCUT2D eigenvalue weighted by molar-refractivity contribution is 7.91. The van der Waals surface area contributed by atoms with E-state index in [2.05, 4.69) is 0 Å². The Hall–Kier alpha value is -0.620. The van der Waals surface area contributed by atoms with Crippen LogP contribution in [-0.4, -0.2) is 67.9 Å². The monoisotopic (exact) mass is 262 g/mol. The molecule has 0 N–H and O–H groups in total. The second-order valence-corrected chi connectivity index (χ2v) is 6.74. The highest BCUT2D eigenvalue weighted by Crippen LogP contribution is 2.11. The van der Waals surface area contributed by atoms with Gasteiger partial charge in [0, 0.05) is 12.6 Å². The van der Waals surface area contributed by atoms with Crippen LogP contribution in [0.1, 0.15) is 20.8 Å². The Morgan fingerprint density at radius 1 is 1.35 bits per heavy atom. The van der Waals surface area contributed by atoms with Gasteiger partial charge in [-0.1, -0.05) is 13.8 Å². The Kier molecular flexibility index (Phi) is 4.94. The molecule has 5 nitrogen and oxygen atoms in total. The Bertz CT molecular complexity index is 363. The highest BCUT2D eigenvalue weighted by Gasteiger charge is 2.31. The van der Waals surface area contributed by atoms with E-state index < -0.39 is 9.84 Å². The van der Waals surface area contributed by atoms with Gasteiger partial charge in [-0.15, -0.1) is 0 Å². The van der Waals surface area contributed by atoms with Crippen molar-refractivity contribution in [2.45, 2.75) is 26.8 Å². The topological polar surface area (TPSA) is 57.7 Å². The molecule has 6 heteroatoms. The summed E-state index contributed by atoms with van der Waals surface area (Å²) in [5.41, 5.74) is 0. The molecule has 17 heavy (non-hydrogen) atoms. The number of hydrogen-bond acceptors (Lipinski definition) is 4. The maximum absolute atomic E-state index is 12.0. The molecule has 0 aromatic rings. The molecular weight excluding hydrogens is 240 g/mol. The second kappa shape index (κ2) is 5.82. The van der Waals surface area contributed by atoms with E-state index in [0.717, 1.165) is 13.1 Å². The maximum atomic E-state index is 12.0. The van der Waals surface area contributed by atoms with E-state index in [4.69, 9.17) is 0 Å². The summed E-state index contributed by atoms with van der Waals surface area (Å²) in [6, 6.07) is -0.197. The lowest BCUT2D eigenvalue weighted by atomic mass is 10.3. The minimum atomic E-state index is -2.95. The zero-order valence-electron chi connectivity index (χ0n) is 10.8. The number of likely N-dealkylation sites (N-methyl/N-ethyl adjacent to an activating group) is 1. The predicted molar refractivity (Wildman–Crippen MR) is 67.6 cm³/mol. The van der Waals surface area contributed by atoms with Gasteiger partial charge in [-0.3, -0.25) is 9.69 Å². The van der Waals surface area contributed by atoms with Gasteiger partial charge < -0.3 is 4.90 Å². The van der Waals surface area contributed by atoms with Crippen molar-refractivity contribution >= 4 is 15.7 Å². The van der Waals surface area contributed by atoms with E-state index in [1.165, 1.54) is 0 Å². The Labute approximate surface area is 104 Å². The largest absolute Gasteiger partial charge is 0.337 e. The van der Waals surface area contributed by atoms with Crippen LogP contribution >= 0.6 is 0 Å². The summed E-state index contributed by atoms with van der Waals surface area (Å²) in [6.45, 7) is 8.23. The quantitative estimate of drug-likeness (QED) is 0.714. The number of amides is 1. The van der Waals surface area contributed by atoms with E-state index >= 15 is 0 Å². The summed E-state index contributed by atoms with van der Waals surface area (Å²) in [7, 11) is -2.95. The van der Waals surface area contributed by atoms with Gasteiger partial charge in [-0.05, 0) is 20.0 Å². The zero-order valence-corrected chi connectivity index (χ0v) is 11.7. The van der Waals surface area contributed by atoms with Crippen molar-refractivity contribution < 1.29 is 13.2 Å². The van der Waals surface area contributed by atoms with Crippen LogP contribution in [0.4, 0.5) is 0 Å². The van der Waals surface area contributed by atoms with Crippen molar-refractivity contribution in [3.05, 3.63) is 0 Å². The molecule has 0 aliphatic carbocycles. The van der Waals surface area contributed by atoms with Gasteiger partial charge in [0.15, 0.2) is 9.84 Å². The number of nitrogens with zero attached hydrogens (tertiary/aromatic N) is 2. The maximum Gasteiger partial charge on any atom is 0.237 e. The lowest BCUT2D eigenvalue weighted by Crippen LogP contribution is -2.52. The molecule has 1 saturated heterocycles. The smallest absolute Gasteiger partial charge is 0.237 e. The standard InChI is InChI=1S/C11H22N2O3S/c1-4-12(5-2)8-11(14)13-6-7-17(15,16)9-10(13)3/h10H,4-9H2,1-3H3. The highest BCUT2D eigenvalue weighted by atomic mass is 32.2. The van der Waals surface area contributed by atoms with Crippen LogP contribution < -0.4 is 0 Å². The van der Waals surface area contributed by atoms with Crippen molar-refractivity contribution in [1.29, 1.82) is 0 Å². The number of hydrogen-bond donors (Lipinski definition) is 0. The normalized spacial score (nSPS) is 24.0. The van der Waals surface area contributed by atoms with E-state index in [1.807, 2.05) is 18.7 Å². The summed E-state index contributed by atoms with van der Waals surface area (Å²) in [6.07, 6.45) is 0. The lowest BCUT2D eigenvalue weighted by molar-refractivity contribution is -0.133. The van der Waals surface area contributed by atoms with Gasteiger partial charge in [0.1, 0.15) is 0 Å². The van der Waals surface area contributed by atoms with Gasteiger partial charge in [0.25, 0.3) is 0 Å². The minimum absolute atomic E-state index is 0.0381. The average Bonchev–Trinajstić information content (AvgIpc) is 2.24. The predicted octanol–water partition coefficient (Wildman–Crippen LogP) is -0.0263. The fourth-order valence-electron chi connectivity index (χ4n) is 2.10. The van der Waals surface area contributed by atoms with Crippen LogP contribution in [0.15, 0.2) is 0 Å². The van der Waals surface area contributed by atoms with Gasteiger partial charge in [-0.2, -0.15) is 0 Å². The number of carbonyl (C=O) groups is 1. The molecule has 0 radical (unpaired) electrons. The molecule has 1 aliphatic rings. The molecule has 0 spiro atoms. The minimum Gasteiger partial charge on any atom is -0.337 e. The zero-order chi connectivity index (χ0) is 13.1. The molecule has 0 aromatic heterocycles. The first-order valence-electron chi connectivity index (χ1n) is 6.11. The van der Waals surface area contributed by atoms with Crippen LogP contribution in [0.3, 0.4) is 0 Å². The molecule has 1 amide bonds. The third-order valence-corrected chi connectivity index (χ3v) is 5.04. The van der Waals surface area contributed by atoms with Crippen molar-refractivity contribution in [1.82, 2.24) is 9.80 Å². The second-order valence-electron chi connectivity index (χ2n) is 4.51. The Morgan fingerprint density at radius 3 is 2.41 bits per heavy atom. The molecule has 1 fully saturated rings. The van der Waals surface area contributed by atoms with E-state index in [9.17, 15) is 13.2 Å². The van der Waals surface area contributed by atoms with Gasteiger partial charge >= 0.3 is 0 Å². The number of sulfone groups is 1. The third-order valence-electron chi connectivity index (χ3n) is 3.24. The molecular formula is C11H22N2O3S. The molecule has 0 saturated carbocycles. The van der Waals surface area contributed by atoms with Crippen LogP contribution in [0.25, 0.3) is 0 Å². The SMILES string of the molecule is CCN(CC)CC(=O)N1CCS(=O)(=O)CC1C. The molecule has 1 aliphatic heterocycles. The molecule has 1 atom stereocenters. The van der Waals surface area contributed by atoms with Crippen LogP contribution in [0, 0.1) is 0 Å². The number of carbonyl (C=O) groups excluding carboxylic acids is 1. The van der Waals surface area contributed by atoms with E-state index in [0.29, 0.717) is 13.1 Å². The summed E-state index contributed by atoms with van der Waals surface area (Å²) in [5, 5.41) is 0.